The molecule has 0 radical (unpaired) electrons. The van der Waals surface area contributed by atoms with Gasteiger partial charge in [0, 0.05) is 11.9 Å². The van der Waals surface area contributed by atoms with Crippen molar-refractivity contribution in [2.24, 2.45) is 0 Å². The third-order valence-electron chi connectivity index (χ3n) is 4.27. The number of nitrogens with one attached hydrogen (secondary N) is 2. The van der Waals surface area contributed by atoms with E-state index in [1.165, 1.54) is 22.3 Å². The SMILES string of the molecule is O=C(Nc1ccc2c(c1)Cc1ccccc1-2)Nc1cnn(CCO)c1. The van der Waals surface area contributed by atoms with E-state index in [4.69, 9.17) is 5.11 Å². The van der Waals surface area contributed by atoms with Gasteiger partial charge in [-0.1, -0.05) is 30.3 Å². The average molecular weight is 334 g/mol. The number of nitrogens with zero attached hydrogens (tertiary/aromatic N) is 2. The Hall–Kier alpha value is -3.12. The van der Waals surface area contributed by atoms with E-state index in [1.807, 2.05) is 24.3 Å². The van der Waals surface area contributed by atoms with Crippen LogP contribution in [-0.4, -0.2) is 27.5 Å². The number of aliphatic hydroxyl groups excluding tert-OH is 1. The Labute approximate surface area is 145 Å². The first kappa shape index (κ1) is 15.4. The minimum absolute atomic E-state index is 0.00479. The Kier molecular flexibility index (Phi) is 3.95. The summed E-state index contributed by atoms with van der Waals surface area (Å²) in [5, 5.41) is 18.5. The van der Waals surface area contributed by atoms with E-state index < -0.39 is 0 Å². The van der Waals surface area contributed by atoms with Crippen LogP contribution in [0.4, 0.5) is 16.2 Å². The fourth-order valence-corrected chi connectivity index (χ4v) is 3.17. The van der Waals surface area contributed by atoms with Gasteiger partial charge in [0.25, 0.3) is 0 Å². The van der Waals surface area contributed by atoms with Gasteiger partial charge < -0.3 is 15.7 Å². The van der Waals surface area contributed by atoms with Gasteiger partial charge in [-0.15, -0.1) is 0 Å². The lowest BCUT2D eigenvalue weighted by atomic mass is 10.1. The molecule has 6 heteroatoms. The first-order valence-electron chi connectivity index (χ1n) is 8.15. The summed E-state index contributed by atoms with van der Waals surface area (Å²) >= 11 is 0. The molecule has 0 aliphatic heterocycles. The maximum atomic E-state index is 12.2. The van der Waals surface area contributed by atoms with E-state index in [0.717, 1.165) is 12.1 Å². The summed E-state index contributed by atoms with van der Waals surface area (Å²) in [7, 11) is 0. The number of hydrogen-bond donors (Lipinski definition) is 3. The molecule has 0 unspecified atom stereocenters. The van der Waals surface area contributed by atoms with Crippen LogP contribution in [0.2, 0.25) is 0 Å². The van der Waals surface area contributed by atoms with Crippen molar-refractivity contribution >= 4 is 17.4 Å². The summed E-state index contributed by atoms with van der Waals surface area (Å²) in [6, 6.07) is 14.0. The largest absolute Gasteiger partial charge is 0.394 e. The highest BCUT2D eigenvalue weighted by Gasteiger charge is 2.18. The molecular formula is C19H18N4O2. The molecular weight excluding hydrogens is 316 g/mol. The molecule has 0 saturated carbocycles. The van der Waals surface area contributed by atoms with Crippen molar-refractivity contribution in [3.8, 4) is 11.1 Å². The molecule has 1 aromatic heterocycles. The molecule has 2 aromatic carbocycles. The molecule has 3 aromatic rings. The summed E-state index contributed by atoms with van der Waals surface area (Å²) in [6.45, 7) is 0.402. The van der Waals surface area contributed by atoms with Crippen molar-refractivity contribution < 1.29 is 9.90 Å². The highest BCUT2D eigenvalue weighted by molar-refractivity contribution is 6.00. The van der Waals surface area contributed by atoms with Crippen LogP contribution >= 0.6 is 0 Å². The van der Waals surface area contributed by atoms with Gasteiger partial charge in [-0.2, -0.15) is 5.10 Å². The molecule has 0 saturated heterocycles. The minimum atomic E-state index is -0.320. The van der Waals surface area contributed by atoms with Gasteiger partial charge in [0.05, 0.1) is 25.0 Å². The number of rotatable bonds is 4. The number of carbonyl (C=O) groups is 1. The highest BCUT2D eigenvalue weighted by Crippen LogP contribution is 2.37. The summed E-state index contributed by atoms with van der Waals surface area (Å²) in [6.07, 6.45) is 4.11. The zero-order valence-electron chi connectivity index (χ0n) is 13.6. The average Bonchev–Trinajstić information content (AvgIpc) is 3.18. The number of aromatic nitrogens is 2. The summed E-state index contributed by atoms with van der Waals surface area (Å²) in [5.41, 5.74) is 6.37. The number of aliphatic hydroxyl groups is 1. The molecule has 4 rings (SSSR count). The molecule has 6 nitrogen and oxygen atoms in total. The monoisotopic (exact) mass is 334 g/mol. The Morgan fingerprint density at radius 1 is 1.08 bits per heavy atom. The number of hydrogen-bond acceptors (Lipinski definition) is 3. The first-order chi connectivity index (χ1) is 12.2. The normalized spacial score (nSPS) is 11.7. The Morgan fingerprint density at radius 2 is 1.88 bits per heavy atom. The molecule has 0 fully saturated rings. The molecule has 1 aliphatic carbocycles. The Morgan fingerprint density at radius 3 is 2.76 bits per heavy atom. The van der Waals surface area contributed by atoms with Crippen LogP contribution in [0.3, 0.4) is 0 Å². The zero-order valence-corrected chi connectivity index (χ0v) is 13.6. The van der Waals surface area contributed by atoms with Crippen molar-refractivity contribution in [1.29, 1.82) is 0 Å². The van der Waals surface area contributed by atoms with E-state index in [-0.39, 0.29) is 12.6 Å². The van der Waals surface area contributed by atoms with Crippen LogP contribution in [0.1, 0.15) is 11.1 Å². The minimum Gasteiger partial charge on any atom is -0.394 e. The van der Waals surface area contributed by atoms with E-state index >= 15 is 0 Å². The van der Waals surface area contributed by atoms with Crippen LogP contribution in [-0.2, 0) is 13.0 Å². The van der Waals surface area contributed by atoms with Crippen molar-refractivity contribution in [2.75, 3.05) is 17.2 Å². The third-order valence-corrected chi connectivity index (χ3v) is 4.27. The maximum Gasteiger partial charge on any atom is 0.323 e. The fraction of sp³-hybridized carbons (Fsp3) is 0.158. The molecule has 126 valence electrons. The lowest BCUT2D eigenvalue weighted by molar-refractivity contribution is 0.262. The summed E-state index contributed by atoms with van der Waals surface area (Å²) in [5.74, 6) is 0. The Balaban J connectivity index is 1.45. The standard InChI is InChI=1S/C19H18N4O2/c24-8-7-23-12-16(11-20-23)22-19(25)21-15-5-6-18-14(10-15)9-13-3-1-2-4-17(13)18/h1-6,10-12,24H,7-9H2,(H2,21,22,25). The highest BCUT2D eigenvalue weighted by atomic mass is 16.3. The van der Waals surface area contributed by atoms with Crippen LogP contribution in [0, 0.1) is 0 Å². The molecule has 3 N–H and O–H groups in total. The molecule has 1 aliphatic rings. The van der Waals surface area contributed by atoms with Crippen LogP contribution in [0.15, 0.2) is 54.9 Å². The van der Waals surface area contributed by atoms with E-state index in [0.29, 0.717) is 12.2 Å². The predicted octanol–water partition coefficient (Wildman–Crippen LogP) is 3.09. The molecule has 2 amide bonds. The lowest BCUT2D eigenvalue weighted by Crippen LogP contribution is -2.19. The zero-order chi connectivity index (χ0) is 17.2. The number of carbonyl (C=O) groups excluding carboxylic acids is 1. The quantitative estimate of drug-likeness (QED) is 0.536. The van der Waals surface area contributed by atoms with Gasteiger partial charge in [-0.05, 0) is 40.8 Å². The third kappa shape index (κ3) is 3.12. The number of urea groups is 1. The second kappa shape index (κ2) is 6.41. The summed E-state index contributed by atoms with van der Waals surface area (Å²) < 4.78 is 1.57. The van der Waals surface area contributed by atoms with Gasteiger partial charge in [-0.25, -0.2) is 4.79 Å². The number of fused-ring (bicyclic) bond motifs is 3. The van der Waals surface area contributed by atoms with E-state index in [9.17, 15) is 4.79 Å². The van der Waals surface area contributed by atoms with Crippen LogP contribution in [0.25, 0.3) is 11.1 Å². The van der Waals surface area contributed by atoms with E-state index in [2.05, 4.69) is 33.9 Å². The molecule has 0 atom stereocenters. The second-order valence-corrected chi connectivity index (χ2v) is 6.00. The van der Waals surface area contributed by atoms with E-state index in [1.54, 1.807) is 17.1 Å². The molecule has 25 heavy (non-hydrogen) atoms. The fourth-order valence-electron chi connectivity index (χ4n) is 3.17. The Bertz CT molecular complexity index is 933. The van der Waals surface area contributed by atoms with Gasteiger partial charge in [-0.3, -0.25) is 4.68 Å². The van der Waals surface area contributed by atoms with Gasteiger partial charge >= 0.3 is 6.03 Å². The van der Waals surface area contributed by atoms with Gasteiger partial charge in [0.2, 0.25) is 0 Å². The molecule has 1 heterocycles. The maximum absolute atomic E-state index is 12.2. The second-order valence-electron chi connectivity index (χ2n) is 6.00. The van der Waals surface area contributed by atoms with Crippen molar-refractivity contribution in [1.82, 2.24) is 9.78 Å². The predicted molar refractivity (Wildman–Crippen MR) is 96.6 cm³/mol. The summed E-state index contributed by atoms with van der Waals surface area (Å²) in [4.78, 5) is 12.2. The lowest BCUT2D eigenvalue weighted by Gasteiger charge is -2.08. The van der Waals surface area contributed by atoms with Crippen molar-refractivity contribution in [3.05, 3.63) is 66.0 Å². The smallest absolute Gasteiger partial charge is 0.323 e. The van der Waals surface area contributed by atoms with Crippen molar-refractivity contribution in [2.45, 2.75) is 13.0 Å². The van der Waals surface area contributed by atoms with Gasteiger partial charge in [0.15, 0.2) is 0 Å². The topological polar surface area (TPSA) is 79.2 Å². The van der Waals surface area contributed by atoms with Crippen molar-refractivity contribution in [3.63, 3.8) is 0 Å². The van der Waals surface area contributed by atoms with Crippen LogP contribution < -0.4 is 10.6 Å². The molecule has 0 spiro atoms. The van der Waals surface area contributed by atoms with Gasteiger partial charge in [0.1, 0.15) is 0 Å². The number of anilines is 2. The van der Waals surface area contributed by atoms with Crippen LogP contribution in [0.5, 0.6) is 0 Å². The first-order valence-corrected chi connectivity index (χ1v) is 8.15. The molecule has 0 bridgehead atoms. The number of amides is 2. The number of benzene rings is 2.